The molecule has 1 aromatic heterocycles. The molecule has 1 saturated carbocycles. The number of benzene rings is 1. The lowest BCUT2D eigenvalue weighted by Gasteiger charge is -2.18. The van der Waals surface area contributed by atoms with Crippen molar-refractivity contribution in [1.29, 1.82) is 0 Å². The molecule has 5 rings (SSSR count). The highest BCUT2D eigenvalue weighted by Crippen LogP contribution is 2.40. The quantitative estimate of drug-likeness (QED) is 0.838. The smallest absolute Gasteiger partial charge is 0.324 e. The van der Waals surface area contributed by atoms with Crippen LogP contribution in [-0.4, -0.2) is 35.7 Å². The zero-order valence-corrected chi connectivity index (χ0v) is 12.7. The maximum Gasteiger partial charge on any atom is 0.324 e. The van der Waals surface area contributed by atoms with Gasteiger partial charge in [-0.2, -0.15) is 0 Å². The van der Waals surface area contributed by atoms with Crippen molar-refractivity contribution in [3.63, 3.8) is 0 Å². The van der Waals surface area contributed by atoms with Gasteiger partial charge in [-0.3, -0.25) is 4.90 Å². The van der Waals surface area contributed by atoms with Gasteiger partial charge in [0.15, 0.2) is 5.13 Å². The molecule has 1 saturated heterocycles. The van der Waals surface area contributed by atoms with Gasteiger partial charge in [-0.25, -0.2) is 9.78 Å². The summed E-state index contributed by atoms with van der Waals surface area (Å²) in [6.07, 6.45) is 2.57. The van der Waals surface area contributed by atoms with E-state index in [1.807, 2.05) is 17.0 Å². The fourth-order valence-electron chi connectivity index (χ4n) is 3.86. The molecular weight excluding hydrogens is 300 g/mol. The Balaban J connectivity index is 1.60. The summed E-state index contributed by atoms with van der Waals surface area (Å²) >= 11 is 1.57. The highest BCUT2D eigenvalue weighted by molar-refractivity contribution is 7.22. The summed E-state index contributed by atoms with van der Waals surface area (Å²) in [7, 11) is 0. The number of carbonyl (C=O) groups excluding carboxylic acids is 1. The van der Waals surface area contributed by atoms with Crippen molar-refractivity contribution in [2.75, 3.05) is 11.5 Å². The first-order chi connectivity index (χ1) is 10.7. The first-order valence-corrected chi connectivity index (χ1v) is 8.43. The number of fused-ring (bicyclic) bond motifs is 4. The first kappa shape index (κ1) is 12.7. The van der Waals surface area contributed by atoms with Crippen molar-refractivity contribution in [2.24, 2.45) is 5.73 Å². The number of ether oxygens (including phenoxy) is 1. The average Bonchev–Trinajstić information content (AvgIpc) is 3.18. The Bertz CT molecular complexity index is 789. The van der Waals surface area contributed by atoms with Gasteiger partial charge >= 0.3 is 6.03 Å². The molecule has 0 bridgehead atoms. The van der Waals surface area contributed by atoms with Gasteiger partial charge in [0, 0.05) is 18.0 Å². The van der Waals surface area contributed by atoms with Gasteiger partial charge in [-0.1, -0.05) is 11.3 Å². The fraction of sp³-hybridized carbons (Fsp3) is 0.467. The molecule has 3 aliphatic rings. The van der Waals surface area contributed by atoms with Crippen LogP contribution in [0.5, 0.6) is 5.75 Å². The Morgan fingerprint density at radius 3 is 3.23 bits per heavy atom. The van der Waals surface area contributed by atoms with E-state index in [0.29, 0.717) is 6.61 Å². The molecule has 0 spiro atoms. The van der Waals surface area contributed by atoms with E-state index < -0.39 is 0 Å². The molecule has 22 heavy (non-hydrogen) atoms. The van der Waals surface area contributed by atoms with Crippen LogP contribution in [-0.2, 0) is 6.42 Å². The van der Waals surface area contributed by atoms with Gasteiger partial charge in [0.2, 0.25) is 0 Å². The Morgan fingerprint density at radius 2 is 2.32 bits per heavy atom. The van der Waals surface area contributed by atoms with Crippen LogP contribution >= 0.6 is 11.3 Å². The minimum atomic E-state index is -0.0474. The van der Waals surface area contributed by atoms with Crippen molar-refractivity contribution < 1.29 is 9.53 Å². The van der Waals surface area contributed by atoms with Crippen LogP contribution in [0.3, 0.4) is 0 Å². The van der Waals surface area contributed by atoms with Crippen molar-refractivity contribution in [3.05, 3.63) is 17.7 Å². The van der Waals surface area contributed by atoms with Crippen LogP contribution in [0.15, 0.2) is 12.1 Å². The van der Waals surface area contributed by atoms with E-state index in [0.717, 1.165) is 40.4 Å². The lowest BCUT2D eigenvalue weighted by Crippen LogP contribution is -2.35. The zero-order valence-electron chi connectivity index (χ0n) is 11.9. The molecule has 2 fully saturated rings. The highest BCUT2D eigenvalue weighted by atomic mass is 32.1. The lowest BCUT2D eigenvalue weighted by atomic mass is 10.1. The molecule has 3 atom stereocenters. The molecule has 1 aromatic carbocycles. The van der Waals surface area contributed by atoms with Gasteiger partial charge in [-0.05, 0) is 25.0 Å². The van der Waals surface area contributed by atoms with Gasteiger partial charge in [-0.15, -0.1) is 0 Å². The standard InChI is InChI=1S/C15H16N4O2S/c16-7-5-9-10(6-7)19(14(20)17-9)15-18-13-8-3-4-21-11(8)1-2-12(13)22-15/h1-2,7,9-10H,3-6,16H2,(H,17,20)/t7-,9+,10-/m1/s1. The third-order valence-electron chi connectivity index (χ3n) is 4.85. The van der Waals surface area contributed by atoms with E-state index in [4.69, 9.17) is 15.5 Å². The zero-order chi connectivity index (χ0) is 14.8. The second kappa shape index (κ2) is 4.33. The summed E-state index contributed by atoms with van der Waals surface area (Å²) in [6, 6.07) is 4.44. The molecule has 2 aromatic rings. The number of thiazole rings is 1. The van der Waals surface area contributed by atoms with Crippen LogP contribution in [0.4, 0.5) is 9.93 Å². The molecule has 7 heteroatoms. The monoisotopic (exact) mass is 316 g/mol. The van der Waals surface area contributed by atoms with Crippen molar-refractivity contribution in [3.8, 4) is 5.75 Å². The molecule has 114 valence electrons. The number of nitrogens with one attached hydrogen (secondary N) is 1. The summed E-state index contributed by atoms with van der Waals surface area (Å²) in [5.41, 5.74) is 8.19. The SMILES string of the molecule is N[C@@H]1C[C@@H]2NC(=O)N(c3nc4c5c(ccc4s3)OCC5)[C@@H]2C1. The number of nitrogens with zero attached hydrogens (tertiary/aromatic N) is 2. The predicted molar refractivity (Wildman–Crippen MR) is 84.6 cm³/mol. The highest BCUT2D eigenvalue weighted by Gasteiger charge is 2.46. The topological polar surface area (TPSA) is 80.5 Å². The fourth-order valence-corrected chi connectivity index (χ4v) is 4.91. The van der Waals surface area contributed by atoms with E-state index in [-0.39, 0.29) is 24.2 Å². The summed E-state index contributed by atoms with van der Waals surface area (Å²) in [5.74, 6) is 0.927. The van der Waals surface area contributed by atoms with Gasteiger partial charge in [0.1, 0.15) is 5.75 Å². The summed E-state index contributed by atoms with van der Waals surface area (Å²) in [6.45, 7) is 0.713. The lowest BCUT2D eigenvalue weighted by molar-refractivity contribution is 0.250. The van der Waals surface area contributed by atoms with Crippen LogP contribution in [0.2, 0.25) is 0 Å². The van der Waals surface area contributed by atoms with E-state index in [9.17, 15) is 4.79 Å². The molecule has 3 heterocycles. The maximum atomic E-state index is 12.3. The van der Waals surface area contributed by atoms with Crippen molar-refractivity contribution >= 4 is 32.7 Å². The van der Waals surface area contributed by atoms with Crippen LogP contribution < -0.4 is 20.7 Å². The average molecular weight is 316 g/mol. The Kier molecular flexibility index (Phi) is 2.49. The molecular formula is C15H16N4O2S. The normalized spacial score (nSPS) is 29.6. The number of nitrogens with two attached hydrogens (primary N) is 1. The second-order valence-electron chi connectivity index (χ2n) is 6.21. The van der Waals surface area contributed by atoms with Crippen molar-refractivity contribution in [2.45, 2.75) is 37.4 Å². The van der Waals surface area contributed by atoms with Gasteiger partial charge in [0.25, 0.3) is 0 Å². The first-order valence-electron chi connectivity index (χ1n) is 7.61. The molecule has 0 unspecified atom stereocenters. The van der Waals surface area contributed by atoms with Crippen LogP contribution in [0, 0.1) is 0 Å². The number of hydrogen-bond donors (Lipinski definition) is 2. The van der Waals surface area contributed by atoms with E-state index >= 15 is 0 Å². The number of urea groups is 1. The number of hydrogen-bond acceptors (Lipinski definition) is 5. The Morgan fingerprint density at radius 1 is 1.41 bits per heavy atom. The second-order valence-corrected chi connectivity index (χ2v) is 7.22. The molecule has 0 radical (unpaired) electrons. The van der Waals surface area contributed by atoms with Gasteiger partial charge in [0.05, 0.1) is 28.9 Å². The number of aromatic nitrogens is 1. The molecule has 2 amide bonds. The van der Waals surface area contributed by atoms with Gasteiger partial charge < -0.3 is 15.8 Å². The van der Waals surface area contributed by atoms with Crippen LogP contribution in [0.25, 0.3) is 10.2 Å². The summed E-state index contributed by atoms with van der Waals surface area (Å²) in [5, 5.41) is 3.81. The largest absolute Gasteiger partial charge is 0.493 e. The summed E-state index contributed by atoms with van der Waals surface area (Å²) in [4.78, 5) is 18.9. The molecule has 2 aliphatic heterocycles. The summed E-state index contributed by atoms with van der Waals surface area (Å²) < 4.78 is 6.71. The number of anilines is 1. The maximum absolute atomic E-state index is 12.3. The molecule has 1 aliphatic carbocycles. The third kappa shape index (κ3) is 1.63. The third-order valence-corrected chi connectivity index (χ3v) is 5.87. The van der Waals surface area contributed by atoms with E-state index in [2.05, 4.69) is 5.32 Å². The number of rotatable bonds is 1. The Hall–Kier alpha value is -1.86. The number of carbonyl (C=O) groups is 1. The Labute approximate surface area is 131 Å². The predicted octanol–water partition coefficient (Wildman–Crippen LogP) is 1.62. The van der Waals surface area contributed by atoms with Crippen molar-refractivity contribution in [1.82, 2.24) is 10.3 Å². The molecule has 3 N–H and O–H groups in total. The van der Waals surface area contributed by atoms with Crippen LogP contribution in [0.1, 0.15) is 18.4 Å². The number of amides is 2. The van der Waals surface area contributed by atoms with E-state index in [1.165, 1.54) is 5.56 Å². The molecule has 6 nitrogen and oxygen atoms in total. The minimum Gasteiger partial charge on any atom is -0.493 e. The van der Waals surface area contributed by atoms with E-state index in [1.54, 1.807) is 11.3 Å². The minimum absolute atomic E-state index is 0.0474.